The Bertz CT molecular complexity index is 1230. The summed E-state index contributed by atoms with van der Waals surface area (Å²) in [5.74, 6) is 1.07. The average Bonchev–Trinajstić information content (AvgIpc) is 2.87. The molecule has 2 aliphatic heterocycles. The maximum Gasteiger partial charge on any atom is 0.244 e. The first kappa shape index (κ1) is 22.0. The zero-order valence-corrected chi connectivity index (χ0v) is 19.3. The minimum Gasteiger partial charge on any atom is -0.493 e. The van der Waals surface area contributed by atoms with Gasteiger partial charge in [0.25, 0.3) is 0 Å². The van der Waals surface area contributed by atoms with Crippen LogP contribution in [0, 0.1) is 0 Å². The highest BCUT2D eigenvalue weighted by Crippen LogP contribution is 2.41. The quantitative estimate of drug-likeness (QED) is 0.634. The van der Waals surface area contributed by atoms with Crippen molar-refractivity contribution in [2.75, 3.05) is 44.1 Å². The lowest BCUT2D eigenvalue weighted by atomic mass is 9.87. The second-order valence-electron chi connectivity index (χ2n) is 8.48. The number of hydrogen-bond acceptors (Lipinski definition) is 5. The molecule has 7 nitrogen and oxygen atoms in total. The summed E-state index contributed by atoms with van der Waals surface area (Å²) in [7, 11) is 3.27. The first-order chi connectivity index (χ1) is 16.6. The topological polar surface area (TPSA) is 71.1 Å². The molecular formula is C27H27N3O4. The van der Waals surface area contributed by atoms with E-state index in [4.69, 9.17) is 9.47 Å². The smallest absolute Gasteiger partial charge is 0.244 e. The third kappa shape index (κ3) is 3.99. The molecule has 0 saturated carbocycles. The molecule has 0 bridgehead atoms. The van der Waals surface area contributed by atoms with Gasteiger partial charge in [0.1, 0.15) is 6.54 Å². The van der Waals surface area contributed by atoms with Gasteiger partial charge in [0.2, 0.25) is 11.8 Å². The van der Waals surface area contributed by atoms with Gasteiger partial charge < -0.3 is 14.8 Å². The monoisotopic (exact) mass is 457 g/mol. The number of anilines is 2. The molecule has 0 aromatic heterocycles. The fourth-order valence-electron chi connectivity index (χ4n) is 4.91. The van der Waals surface area contributed by atoms with Crippen LogP contribution in [-0.2, 0) is 16.0 Å². The van der Waals surface area contributed by atoms with Gasteiger partial charge in [-0.2, -0.15) is 0 Å². The van der Waals surface area contributed by atoms with Crippen molar-refractivity contribution in [1.29, 1.82) is 0 Å². The van der Waals surface area contributed by atoms with Crippen molar-refractivity contribution < 1.29 is 19.1 Å². The number of ether oxygens (including phenoxy) is 2. The van der Waals surface area contributed by atoms with Crippen molar-refractivity contribution in [3.63, 3.8) is 0 Å². The van der Waals surface area contributed by atoms with Gasteiger partial charge in [-0.1, -0.05) is 42.5 Å². The highest BCUT2D eigenvalue weighted by Gasteiger charge is 2.34. The first-order valence-electron chi connectivity index (χ1n) is 11.3. The molecule has 174 valence electrons. The molecule has 1 N–H and O–H groups in total. The normalized spacial score (nSPS) is 17.4. The van der Waals surface area contributed by atoms with Gasteiger partial charge in [0, 0.05) is 6.54 Å². The van der Waals surface area contributed by atoms with E-state index in [-0.39, 0.29) is 30.9 Å². The minimum atomic E-state index is -0.188. The summed E-state index contributed by atoms with van der Waals surface area (Å²) in [6.45, 7) is 0.908. The molecule has 3 aromatic rings. The molecule has 0 saturated heterocycles. The van der Waals surface area contributed by atoms with Crippen LogP contribution in [0.4, 0.5) is 11.4 Å². The number of rotatable bonds is 5. The molecule has 34 heavy (non-hydrogen) atoms. The van der Waals surface area contributed by atoms with E-state index in [1.54, 1.807) is 19.1 Å². The Labute approximate surface area is 198 Å². The van der Waals surface area contributed by atoms with Crippen LogP contribution in [-0.4, -0.2) is 50.6 Å². The lowest BCUT2D eigenvalue weighted by Crippen LogP contribution is -2.48. The Hall–Kier alpha value is -3.84. The van der Waals surface area contributed by atoms with Gasteiger partial charge in [0.15, 0.2) is 11.5 Å². The van der Waals surface area contributed by atoms with Crippen molar-refractivity contribution in [1.82, 2.24) is 4.90 Å². The third-order valence-corrected chi connectivity index (χ3v) is 6.50. The van der Waals surface area contributed by atoms with Crippen LogP contribution < -0.4 is 19.7 Å². The number of para-hydroxylation sites is 2. The summed E-state index contributed by atoms with van der Waals surface area (Å²) < 4.78 is 11.1. The maximum atomic E-state index is 13.5. The van der Waals surface area contributed by atoms with Gasteiger partial charge in [-0.05, 0) is 47.4 Å². The molecule has 2 heterocycles. The third-order valence-electron chi connectivity index (χ3n) is 6.50. The molecule has 3 aromatic carbocycles. The van der Waals surface area contributed by atoms with Crippen LogP contribution in [0.5, 0.6) is 11.5 Å². The zero-order valence-electron chi connectivity index (χ0n) is 19.3. The lowest BCUT2D eigenvalue weighted by Gasteiger charge is -2.39. The number of methoxy groups -OCH3 is 2. The summed E-state index contributed by atoms with van der Waals surface area (Å²) in [5, 5.41) is 2.85. The molecule has 5 rings (SSSR count). The summed E-state index contributed by atoms with van der Waals surface area (Å²) in [4.78, 5) is 29.6. The first-order valence-corrected chi connectivity index (χ1v) is 11.3. The van der Waals surface area contributed by atoms with Crippen molar-refractivity contribution in [3.8, 4) is 11.5 Å². The van der Waals surface area contributed by atoms with Crippen molar-refractivity contribution in [2.45, 2.75) is 12.5 Å². The van der Waals surface area contributed by atoms with E-state index < -0.39 is 0 Å². The van der Waals surface area contributed by atoms with Gasteiger partial charge in [0.05, 0.1) is 38.2 Å². The molecular weight excluding hydrogens is 430 g/mol. The average molecular weight is 458 g/mol. The Balaban J connectivity index is 1.51. The van der Waals surface area contributed by atoms with Gasteiger partial charge in [-0.25, -0.2) is 0 Å². The molecule has 0 aliphatic carbocycles. The van der Waals surface area contributed by atoms with Crippen LogP contribution in [0.1, 0.15) is 22.7 Å². The van der Waals surface area contributed by atoms with Gasteiger partial charge in [-0.3, -0.25) is 19.4 Å². The number of hydrogen-bond donors (Lipinski definition) is 1. The van der Waals surface area contributed by atoms with Crippen molar-refractivity contribution in [2.24, 2.45) is 0 Å². The Kier molecular flexibility index (Phi) is 5.94. The van der Waals surface area contributed by atoms with Gasteiger partial charge in [-0.15, -0.1) is 0 Å². The maximum absolute atomic E-state index is 13.5. The SMILES string of the molecule is COc1cc2c(cc1OC)[C@@H](c1ccccc1)N(CC(=O)N1CC(=O)Nc3ccccc31)CC2. The van der Waals surface area contributed by atoms with Crippen molar-refractivity contribution in [3.05, 3.63) is 83.4 Å². The molecule has 0 radical (unpaired) electrons. The van der Waals surface area contributed by atoms with E-state index >= 15 is 0 Å². The molecule has 2 amide bonds. The van der Waals surface area contributed by atoms with Crippen LogP contribution in [0.3, 0.4) is 0 Å². The minimum absolute atomic E-state index is 0.0152. The number of benzene rings is 3. The molecule has 0 fully saturated rings. The Morgan fingerprint density at radius 1 is 1.00 bits per heavy atom. The van der Waals surface area contributed by atoms with Crippen LogP contribution in [0.15, 0.2) is 66.7 Å². The molecule has 2 aliphatic rings. The summed E-state index contributed by atoms with van der Waals surface area (Å²) in [5.41, 5.74) is 4.76. The van der Waals surface area contributed by atoms with Crippen LogP contribution >= 0.6 is 0 Å². The molecule has 7 heteroatoms. The van der Waals surface area contributed by atoms with Gasteiger partial charge >= 0.3 is 0 Å². The zero-order chi connectivity index (χ0) is 23.7. The van der Waals surface area contributed by atoms with E-state index in [0.717, 1.165) is 23.2 Å². The summed E-state index contributed by atoms with van der Waals surface area (Å²) in [6.07, 6.45) is 0.781. The molecule has 0 unspecified atom stereocenters. The second-order valence-corrected chi connectivity index (χ2v) is 8.48. The number of carbonyl (C=O) groups is 2. The van der Waals surface area contributed by atoms with E-state index in [9.17, 15) is 9.59 Å². The Morgan fingerprint density at radius 3 is 2.47 bits per heavy atom. The van der Waals surface area contributed by atoms with Crippen LogP contribution in [0.2, 0.25) is 0 Å². The fourth-order valence-corrected chi connectivity index (χ4v) is 4.91. The summed E-state index contributed by atoms with van der Waals surface area (Å²) >= 11 is 0. The molecule has 1 atom stereocenters. The highest BCUT2D eigenvalue weighted by molar-refractivity contribution is 6.10. The number of carbonyl (C=O) groups excluding carboxylic acids is 2. The van der Waals surface area contributed by atoms with E-state index in [0.29, 0.717) is 23.7 Å². The lowest BCUT2D eigenvalue weighted by molar-refractivity contribution is -0.123. The highest BCUT2D eigenvalue weighted by atomic mass is 16.5. The number of amides is 2. The molecule has 0 spiro atoms. The second kappa shape index (κ2) is 9.19. The largest absolute Gasteiger partial charge is 0.493 e. The predicted molar refractivity (Wildman–Crippen MR) is 131 cm³/mol. The fraction of sp³-hybridized carbons (Fsp3) is 0.259. The van der Waals surface area contributed by atoms with E-state index in [1.807, 2.05) is 54.6 Å². The number of nitrogens with one attached hydrogen (secondary N) is 1. The standard InChI is InChI=1S/C27H27N3O4/c1-33-23-14-19-12-13-29(27(18-8-4-3-5-9-18)20(19)15-24(23)34-2)17-26(32)30-16-25(31)28-21-10-6-7-11-22(21)30/h3-11,14-15,27H,12-13,16-17H2,1-2H3,(H,28,31)/t27-/m1/s1. The number of nitrogens with zero attached hydrogens (tertiary/aromatic N) is 2. The summed E-state index contributed by atoms with van der Waals surface area (Å²) in [6, 6.07) is 21.5. The predicted octanol–water partition coefficient (Wildman–Crippen LogP) is 3.64. The van der Waals surface area contributed by atoms with Crippen LogP contribution in [0.25, 0.3) is 0 Å². The van der Waals surface area contributed by atoms with Crippen molar-refractivity contribution >= 4 is 23.2 Å². The van der Waals surface area contributed by atoms with E-state index in [1.165, 1.54) is 5.56 Å². The number of fused-ring (bicyclic) bond motifs is 2. The Morgan fingerprint density at radius 2 is 1.71 bits per heavy atom. The van der Waals surface area contributed by atoms with E-state index in [2.05, 4.69) is 22.3 Å².